The maximum atomic E-state index is 13.3. The van der Waals surface area contributed by atoms with Crippen molar-refractivity contribution in [3.05, 3.63) is 66.6 Å². The summed E-state index contributed by atoms with van der Waals surface area (Å²) in [5.41, 5.74) is 3.42. The van der Waals surface area contributed by atoms with Gasteiger partial charge in [-0.3, -0.25) is 0 Å². The van der Waals surface area contributed by atoms with E-state index in [4.69, 9.17) is 0 Å². The molecule has 8 heteroatoms. The summed E-state index contributed by atoms with van der Waals surface area (Å²) in [7, 11) is 0. The summed E-state index contributed by atoms with van der Waals surface area (Å²) in [5, 5.41) is 9.47. The van der Waals surface area contributed by atoms with Crippen molar-refractivity contribution in [3.63, 3.8) is 0 Å². The Balaban J connectivity index is 1.91. The van der Waals surface area contributed by atoms with Crippen LogP contribution in [0, 0.1) is 5.82 Å². The normalized spacial score (nSPS) is 11.6. The molecule has 5 nitrogen and oxygen atoms in total. The minimum absolute atomic E-state index is 0.203. The second kappa shape index (κ2) is 6.88. The zero-order valence-electron chi connectivity index (χ0n) is 14.1. The van der Waals surface area contributed by atoms with Gasteiger partial charge in [-0.2, -0.15) is 0 Å². The van der Waals surface area contributed by atoms with E-state index in [0.29, 0.717) is 33.9 Å². The third kappa shape index (κ3) is 3.19. The van der Waals surface area contributed by atoms with Gasteiger partial charge in [0.1, 0.15) is 11.5 Å². The maximum Gasteiger partial charge on any atom is 0.256 e. The minimum Gasteiger partial charge on any atom is -0.390 e. The van der Waals surface area contributed by atoms with Crippen LogP contribution in [0.2, 0.25) is 0 Å². The largest absolute Gasteiger partial charge is 0.390 e. The summed E-state index contributed by atoms with van der Waals surface area (Å²) in [6.45, 7) is -0.718. The Morgan fingerprint density at radius 3 is 2.44 bits per heavy atom. The molecule has 0 unspecified atom stereocenters. The molecule has 3 aromatic heterocycles. The highest BCUT2D eigenvalue weighted by Gasteiger charge is 2.18. The second-order valence-corrected chi connectivity index (χ2v) is 6.05. The molecule has 3 heterocycles. The summed E-state index contributed by atoms with van der Waals surface area (Å²) in [6, 6.07) is 9.21. The number of hydrogen-bond acceptors (Lipinski definition) is 3. The third-order valence-electron chi connectivity index (χ3n) is 4.31. The lowest BCUT2D eigenvalue weighted by Crippen LogP contribution is -2.07. The molecule has 0 bridgehead atoms. The van der Waals surface area contributed by atoms with Crippen molar-refractivity contribution < 1.29 is 18.3 Å². The number of alkyl halides is 2. The number of aromatic nitrogens is 4. The van der Waals surface area contributed by atoms with Gasteiger partial charge in [0.25, 0.3) is 6.43 Å². The number of benzene rings is 1. The van der Waals surface area contributed by atoms with Gasteiger partial charge in [0, 0.05) is 17.3 Å². The molecule has 4 aromatic rings. The maximum absolute atomic E-state index is 13.3. The first-order chi connectivity index (χ1) is 13.1. The fraction of sp³-hybridized carbons (Fsp3) is 0.158. The number of nitrogens with zero attached hydrogens (tertiary/aromatic N) is 4. The molecule has 0 aliphatic rings. The lowest BCUT2D eigenvalue weighted by molar-refractivity contribution is 0.127. The van der Waals surface area contributed by atoms with Crippen LogP contribution < -0.4 is 0 Å². The summed E-state index contributed by atoms with van der Waals surface area (Å²) < 4.78 is 42.5. The molecule has 0 amide bonds. The summed E-state index contributed by atoms with van der Waals surface area (Å²) in [6.07, 6.45) is 2.07. The van der Waals surface area contributed by atoms with Crippen LogP contribution in [0.25, 0.3) is 28.2 Å². The number of aliphatic hydroxyl groups excluding tert-OH is 1. The number of aliphatic hydroxyl groups is 1. The second-order valence-electron chi connectivity index (χ2n) is 6.05. The SMILES string of the molecule is OCc1cnc2ccc(-c3c(-c4ccc(F)cc4)ncn3CC(F)F)cn12. The van der Waals surface area contributed by atoms with E-state index >= 15 is 0 Å². The zero-order valence-corrected chi connectivity index (χ0v) is 14.1. The van der Waals surface area contributed by atoms with E-state index in [9.17, 15) is 18.3 Å². The van der Waals surface area contributed by atoms with Gasteiger partial charge in [0.15, 0.2) is 0 Å². The summed E-state index contributed by atoms with van der Waals surface area (Å²) >= 11 is 0. The van der Waals surface area contributed by atoms with Gasteiger partial charge < -0.3 is 14.1 Å². The van der Waals surface area contributed by atoms with Crippen LogP contribution in [0.4, 0.5) is 13.2 Å². The molecule has 1 aromatic carbocycles. The molecule has 0 atom stereocenters. The Morgan fingerprint density at radius 2 is 1.74 bits per heavy atom. The highest BCUT2D eigenvalue weighted by atomic mass is 19.3. The standard InChI is InChI=1S/C19H15F3N4O/c20-14-4-1-12(2-5-14)18-19(25(11-24-18)9-16(21)22)13-3-6-17-23-7-15(10-27)26(17)8-13/h1-8,11,16,27H,9-10H2. The van der Waals surface area contributed by atoms with Gasteiger partial charge in [0.05, 0.1) is 42.8 Å². The fourth-order valence-electron chi connectivity index (χ4n) is 3.08. The van der Waals surface area contributed by atoms with E-state index in [1.165, 1.54) is 23.0 Å². The Kier molecular flexibility index (Phi) is 4.41. The molecule has 0 aliphatic heterocycles. The first-order valence-corrected chi connectivity index (χ1v) is 8.23. The fourth-order valence-corrected chi connectivity index (χ4v) is 3.08. The number of pyridine rings is 1. The highest BCUT2D eigenvalue weighted by molar-refractivity contribution is 5.78. The number of imidazole rings is 2. The van der Waals surface area contributed by atoms with Gasteiger partial charge in [-0.15, -0.1) is 0 Å². The van der Waals surface area contributed by atoms with Crippen molar-refractivity contribution >= 4 is 5.65 Å². The van der Waals surface area contributed by atoms with Crippen LogP contribution in [-0.2, 0) is 13.2 Å². The molecule has 0 aliphatic carbocycles. The molecule has 0 radical (unpaired) electrons. The van der Waals surface area contributed by atoms with Crippen molar-refractivity contribution in [3.8, 4) is 22.5 Å². The van der Waals surface area contributed by atoms with Gasteiger partial charge in [-0.1, -0.05) is 0 Å². The average Bonchev–Trinajstić information content (AvgIpc) is 3.25. The number of halogens is 3. The molecule has 0 fully saturated rings. The smallest absolute Gasteiger partial charge is 0.256 e. The van der Waals surface area contributed by atoms with Crippen molar-refractivity contribution in [2.75, 3.05) is 0 Å². The monoisotopic (exact) mass is 372 g/mol. The Hall–Kier alpha value is -3.13. The molecule has 1 N–H and O–H groups in total. The van der Waals surface area contributed by atoms with Crippen molar-refractivity contribution in [1.29, 1.82) is 0 Å². The van der Waals surface area contributed by atoms with Gasteiger partial charge in [0.2, 0.25) is 0 Å². The van der Waals surface area contributed by atoms with Crippen molar-refractivity contribution in [1.82, 2.24) is 18.9 Å². The summed E-state index contributed by atoms with van der Waals surface area (Å²) in [4.78, 5) is 8.48. The first-order valence-electron chi connectivity index (χ1n) is 8.23. The number of fused-ring (bicyclic) bond motifs is 1. The lowest BCUT2D eigenvalue weighted by atomic mass is 10.1. The average molecular weight is 372 g/mol. The highest BCUT2D eigenvalue weighted by Crippen LogP contribution is 2.32. The molecule has 0 spiro atoms. The molecule has 27 heavy (non-hydrogen) atoms. The predicted octanol–water partition coefficient (Wildman–Crippen LogP) is 3.76. The topological polar surface area (TPSA) is 55.4 Å². The van der Waals surface area contributed by atoms with Crippen molar-refractivity contribution in [2.45, 2.75) is 19.6 Å². The quantitative estimate of drug-likeness (QED) is 0.580. The molecule has 138 valence electrons. The van der Waals surface area contributed by atoms with E-state index in [1.54, 1.807) is 41.1 Å². The van der Waals surface area contributed by atoms with E-state index < -0.39 is 13.0 Å². The van der Waals surface area contributed by atoms with E-state index in [-0.39, 0.29) is 12.4 Å². The molecule has 0 saturated carbocycles. The Labute approximate surface area is 152 Å². The number of hydrogen-bond donors (Lipinski definition) is 1. The van der Waals surface area contributed by atoms with Crippen LogP contribution in [0.5, 0.6) is 0 Å². The van der Waals surface area contributed by atoms with Gasteiger partial charge in [-0.05, 0) is 36.4 Å². The van der Waals surface area contributed by atoms with E-state index in [2.05, 4.69) is 9.97 Å². The third-order valence-corrected chi connectivity index (χ3v) is 4.31. The van der Waals surface area contributed by atoms with E-state index in [1.807, 2.05) is 0 Å². The van der Waals surface area contributed by atoms with E-state index in [0.717, 1.165) is 0 Å². The van der Waals surface area contributed by atoms with Gasteiger partial charge in [-0.25, -0.2) is 23.1 Å². The number of rotatable bonds is 5. The molecular formula is C19H15F3N4O. The zero-order chi connectivity index (χ0) is 19.0. The van der Waals surface area contributed by atoms with Crippen LogP contribution in [0.3, 0.4) is 0 Å². The van der Waals surface area contributed by atoms with Crippen molar-refractivity contribution in [2.24, 2.45) is 0 Å². The van der Waals surface area contributed by atoms with Crippen LogP contribution in [0.15, 0.2) is 55.1 Å². The molecular weight excluding hydrogens is 357 g/mol. The van der Waals surface area contributed by atoms with Crippen LogP contribution in [-0.4, -0.2) is 30.5 Å². The summed E-state index contributed by atoms with van der Waals surface area (Å²) in [5.74, 6) is -0.389. The molecule has 0 saturated heterocycles. The Bertz CT molecular complexity index is 1090. The first kappa shape index (κ1) is 17.3. The Morgan fingerprint density at radius 1 is 1.00 bits per heavy atom. The van der Waals surface area contributed by atoms with Gasteiger partial charge >= 0.3 is 0 Å². The predicted molar refractivity (Wildman–Crippen MR) is 93.7 cm³/mol. The van der Waals surface area contributed by atoms with Crippen LogP contribution >= 0.6 is 0 Å². The lowest BCUT2D eigenvalue weighted by Gasteiger charge is -2.11. The minimum atomic E-state index is -2.55. The molecule has 4 rings (SSSR count). The van der Waals surface area contributed by atoms with Crippen LogP contribution in [0.1, 0.15) is 5.69 Å².